The predicted molar refractivity (Wildman–Crippen MR) is 131 cm³/mol. The Bertz CT molecular complexity index is 620. The molecule has 6 atom stereocenters. The van der Waals surface area contributed by atoms with Crippen LogP contribution < -0.4 is 5.32 Å². The number of ether oxygens (including phenoxy) is 1. The number of likely N-dealkylation sites (N-methyl/N-ethyl adjacent to an activating group) is 1. The molecule has 0 aromatic carbocycles. The first-order valence-corrected chi connectivity index (χ1v) is 13.1. The summed E-state index contributed by atoms with van der Waals surface area (Å²) in [5.41, 5.74) is 0. The topological polar surface area (TPSA) is 160 Å². The Labute approximate surface area is 209 Å². The maximum atomic E-state index is 12.5. The largest absolute Gasteiger partial charge is 0.394 e. The van der Waals surface area contributed by atoms with Gasteiger partial charge in [-0.15, -0.1) is 0 Å². The van der Waals surface area contributed by atoms with E-state index in [2.05, 4.69) is 12.2 Å². The molecule has 2 amide bonds. The first-order chi connectivity index (χ1) is 16.6. The first kappa shape index (κ1) is 31.7. The quantitative estimate of drug-likeness (QED) is 0.159. The Morgan fingerprint density at radius 2 is 1.51 bits per heavy atom. The van der Waals surface area contributed by atoms with Gasteiger partial charge in [0.1, 0.15) is 18.3 Å². The minimum atomic E-state index is -2.44. The molecule has 6 N–H and O–H groups in total. The molecule has 1 heterocycles. The van der Waals surface area contributed by atoms with Crippen molar-refractivity contribution >= 4 is 11.8 Å². The fraction of sp³-hybridized carbons (Fsp3) is 0.920. The van der Waals surface area contributed by atoms with Crippen molar-refractivity contribution in [3.8, 4) is 0 Å². The highest BCUT2D eigenvalue weighted by atomic mass is 16.6. The number of rotatable bonds is 17. The average Bonchev–Trinajstić information content (AvgIpc) is 2.82. The Morgan fingerprint density at radius 1 is 1.00 bits per heavy atom. The van der Waals surface area contributed by atoms with E-state index in [1.807, 2.05) is 0 Å². The van der Waals surface area contributed by atoms with Crippen molar-refractivity contribution in [3.63, 3.8) is 0 Å². The zero-order valence-electron chi connectivity index (χ0n) is 21.7. The molecule has 0 bridgehead atoms. The molecule has 35 heavy (non-hydrogen) atoms. The van der Waals surface area contributed by atoms with Crippen LogP contribution in [-0.2, 0) is 14.3 Å². The molecular formula is C25H48N2O8. The lowest BCUT2D eigenvalue weighted by molar-refractivity contribution is -0.290. The normalized spacial score (nSPS) is 26.2. The average molecular weight is 505 g/mol. The van der Waals surface area contributed by atoms with Gasteiger partial charge in [-0.25, -0.2) is 0 Å². The Balaban J connectivity index is 2.53. The van der Waals surface area contributed by atoms with E-state index < -0.39 is 55.2 Å². The second-order valence-electron chi connectivity index (χ2n) is 9.96. The third-order valence-electron chi connectivity index (χ3n) is 6.58. The molecule has 1 aliphatic rings. The number of aliphatic hydroxyl groups is 5. The highest BCUT2D eigenvalue weighted by Crippen LogP contribution is 2.31. The molecule has 1 saturated heterocycles. The molecule has 1 aliphatic heterocycles. The van der Waals surface area contributed by atoms with Gasteiger partial charge in [0.15, 0.2) is 0 Å². The van der Waals surface area contributed by atoms with Crippen LogP contribution in [0.15, 0.2) is 0 Å². The number of hydrogen-bond acceptors (Lipinski definition) is 8. The molecule has 0 aromatic heterocycles. The number of amides is 2. The fourth-order valence-corrected chi connectivity index (χ4v) is 4.46. The van der Waals surface area contributed by atoms with Gasteiger partial charge in [-0.2, -0.15) is 0 Å². The van der Waals surface area contributed by atoms with E-state index in [-0.39, 0.29) is 12.3 Å². The number of carbonyl (C=O) groups is 2. The van der Waals surface area contributed by atoms with Crippen LogP contribution in [0.2, 0.25) is 0 Å². The third kappa shape index (κ3) is 10.7. The minimum Gasteiger partial charge on any atom is -0.394 e. The van der Waals surface area contributed by atoms with Crippen LogP contribution in [0.4, 0.5) is 0 Å². The summed E-state index contributed by atoms with van der Waals surface area (Å²) in [5, 5.41) is 53.5. The van der Waals surface area contributed by atoms with E-state index in [4.69, 9.17) is 4.74 Å². The molecule has 0 radical (unpaired) electrons. The lowest BCUT2D eigenvalue weighted by Crippen LogP contribution is -2.68. The van der Waals surface area contributed by atoms with Crippen molar-refractivity contribution in [3.05, 3.63) is 0 Å². The van der Waals surface area contributed by atoms with E-state index in [9.17, 15) is 35.1 Å². The van der Waals surface area contributed by atoms with Crippen molar-refractivity contribution in [1.29, 1.82) is 0 Å². The lowest BCUT2D eigenvalue weighted by Gasteiger charge is -2.46. The van der Waals surface area contributed by atoms with E-state index >= 15 is 0 Å². The van der Waals surface area contributed by atoms with Gasteiger partial charge in [-0.05, 0) is 6.42 Å². The Kier molecular flexibility index (Phi) is 14.9. The summed E-state index contributed by atoms with van der Waals surface area (Å²) in [6.45, 7) is 1.40. The summed E-state index contributed by atoms with van der Waals surface area (Å²) in [7, 11) is 2.79. The minimum absolute atomic E-state index is 0.215. The molecule has 1 rings (SSSR count). The van der Waals surface area contributed by atoms with Crippen LogP contribution in [0, 0.1) is 0 Å². The number of nitrogens with one attached hydrogen (secondary N) is 1. The molecule has 0 aliphatic carbocycles. The second-order valence-corrected chi connectivity index (χ2v) is 9.96. The van der Waals surface area contributed by atoms with Crippen molar-refractivity contribution < 1.29 is 39.9 Å². The molecule has 10 heteroatoms. The SMILES string of the molecule is CCCCCCCCCCCCCC(=O)N[C@H]1[C@H]([C@H](O)[C@H](O)CO)OC(O)(C(=O)N(C)C)C[C@@H]1O. The zero-order chi connectivity index (χ0) is 26.4. The second kappa shape index (κ2) is 16.4. The van der Waals surface area contributed by atoms with E-state index in [1.54, 1.807) is 0 Å². The van der Waals surface area contributed by atoms with E-state index in [0.717, 1.165) is 24.2 Å². The van der Waals surface area contributed by atoms with Crippen molar-refractivity contribution in [2.45, 2.75) is 127 Å². The Hall–Kier alpha value is -1.30. The van der Waals surface area contributed by atoms with Crippen LogP contribution in [-0.4, -0.2) is 99.2 Å². The smallest absolute Gasteiger partial charge is 0.282 e. The number of unbranched alkanes of at least 4 members (excludes halogenated alkanes) is 10. The molecule has 206 valence electrons. The summed E-state index contributed by atoms with van der Waals surface area (Å²) in [5.74, 6) is -3.66. The zero-order valence-corrected chi connectivity index (χ0v) is 21.7. The molecule has 10 nitrogen and oxygen atoms in total. The van der Waals surface area contributed by atoms with Gasteiger partial charge in [0.25, 0.3) is 5.91 Å². The summed E-state index contributed by atoms with van der Waals surface area (Å²) in [6, 6.07) is -1.18. The molecule has 1 fully saturated rings. The summed E-state index contributed by atoms with van der Waals surface area (Å²) in [4.78, 5) is 26.0. The first-order valence-electron chi connectivity index (χ1n) is 13.1. The lowest BCUT2D eigenvalue weighted by atomic mass is 9.88. The van der Waals surface area contributed by atoms with Crippen LogP contribution >= 0.6 is 0 Å². The summed E-state index contributed by atoms with van der Waals surface area (Å²) in [6.07, 6.45) is 5.98. The highest BCUT2D eigenvalue weighted by molar-refractivity contribution is 5.83. The monoisotopic (exact) mass is 504 g/mol. The highest BCUT2D eigenvalue weighted by Gasteiger charge is 2.54. The number of nitrogens with zero attached hydrogens (tertiary/aromatic N) is 1. The molecule has 0 aromatic rings. The van der Waals surface area contributed by atoms with Crippen LogP contribution in [0.1, 0.15) is 90.4 Å². The number of hydrogen-bond donors (Lipinski definition) is 6. The fourth-order valence-electron chi connectivity index (χ4n) is 4.46. The van der Waals surface area contributed by atoms with Gasteiger partial charge in [-0.3, -0.25) is 9.59 Å². The van der Waals surface area contributed by atoms with Crippen molar-refractivity contribution in [1.82, 2.24) is 10.2 Å². The summed E-state index contributed by atoms with van der Waals surface area (Å²) < 4.78 is 5.45. The van der Waals surface area contributed by atoms with Crippen LogP contribution in [0.25, 0.3) is 0 Å². The van der Waals surface area contributed by atoms with Gasteiger partial charge < -0.3 is 40.5 Å². The van der Waals surface area contributed by atoms with Crippen LogP contribution in [0.5, 0.6) is 0 Å². The molecule has 0 saturated carbocycles. The standard InChI is InChI=1S/C25H48N2O8/c1-4-5-6-7-8-9-10-11-12-13-14-15-20(31)26-21-18(29)16-25(34,24(33)27(2)3)35-23(21)22(32)19(30)17-28/h18-19,21-23,28-30,32,34H,4-17H2,1-3H3,(H,26,31)/t18-,19+,21+,22+,23+,25?/m0/s1. The Morgan fingerprint density at radius 3 is 2.00 bits per heavy atom. The van der Waals surface area contributed by atoms with Gasteiger partial charge >= 0.3 is 0 Å². The molecule has 0 spiro atoms. The van der Waals surface area contributed by atoms with Crippen LogP contribution in [0.3, 0.4) is 0 Å². The van der Waals surface area contributed by atoms with Gasteiger partial charge in [-0.1, -0.05) is 71.1 Å². The van der Waals surface area contributed by atoms with Crippen molar-refractivity contribution in [2.24, 2.45) is 0 Å². The van der Waals surface area contributed by atoms with E-state index in [1.165, 1.54) is 59.0 Å². The maximum Gasteiger partial charge on any atom is 0.282 e. The molecule has 1 unspecified atom stereocenters. The number of carbonyl (C=O) groups excluding carboxylic acids is 2. The van der Waals surface area contributed by atoms with Gasteiger partial charge in [0.05, 0.1) is 18.8 Å². The van der Waals surface area contributed by atoms with Gasteiger partial charge in [0, 0.05) is 26.9 Å². The summed E-state index contributed by atoms with van der Waals surface area (Å²) >= 11 is 0. The number of aliphatic hydroxyl groups excluding tert-OH is 4. The van der Waals surface area contributed by atoms with Gasteiger partial charge in [0.2, 0.25) is 11.7 Å². The third-order valence-corrected chi connectivity index (χ3v) is 6.58. The predicted octanol–water partition coefficient (Wildman–Crippen LogP) is 0.813. The van der Waals surface area contributed by atoms with E-state index in [0.29, 0.717) is 6.42 Å². The van der Waals surface area contributed by atoms with Crippen molar-refractivity contribution in [2.75, 3.05) is 20.7 Å². The molecular weight excluding hydrogens is 456 g/mol. The maximum absolute atomic E-state index is 12.5.